The third-order valence-corrected chi connectivity index (χ3v) is 4.65. The third-order valence-electron chi connectivity index (χ3n) is 3.70. The van der Waals surface area contributed by atoms with Crippen LogP contribution in [0.2, 0.25) is 0 Å². The van der Waals surface area contributed by atoms with Gasteiger partial charge in [-0.15, -0.1) is 0 Å². The van der Waals surface area contributed by atoms with Gasteiger partial charge in [-0.3, -0.25) is 0 Å². The number of rotatable bonds is 1. The summed E-state index contributed by atoms with van der Waals surface area (Å²) in [6.07, 6.45) is 4.18. The van der Waals surface area contributed by atoms with E-state index in [1.54, 1.807) is 6.20 Å². The van der Waals surface area contributed by atoms with Gasteiger partial charge >= 0.3 is 0 Å². The number of anilines is 2. The lowest BCUT2D eigenvalue weighted by molar-refractivity contribution is 0.279. The summed E-state index contributed by atoms with van der Waals surface area (Å²) in [5, 5.41) is 0. The number of nitrogens with two attached hydrogens (primary N) is 1. The van der Waals surface area contributed by atoms with Gasteiger partial charge in [0.25, 0.3) is 0 Å². The van der Waals surface area contributed by atoms with Crippen molar-refractivity contribution >= 4 is 27.4 Å². The zero-order valence-electron chi connectivity index (χ0n) is 10.8. The lowest BCUT2D eigenvalue weighted by atomic mass is 9.83. The Bertz CT molecular complexity index is 419. The first-order valence-electron chi connectivity index (χ1n) is 6.06. The van der Waals surface area contributed by atoms with E-state index in [4.69, 9.17) is 5.73 Å². The van der Waals surface area contributed by atoms with Crippen molar-refractivity contribution in [2.45, 2.75) is 33.6 Å². The van der Waals surface area contributed by atoms with Gasteiger partial charge in [-0.2, -0.15) is 0 Å². The summed E-state index contributed by atoms with van der Waals surface area (Å²) >= 11 is 3.61. The number of halogens is 1. The summed E-state index contributed by atoms with van der Waals surface area (Å²) in [5.74, 6) is 1.03. The summed E-state index contributed by atoms with van der Waals surface area (Å²) in [4.78, 5) is 6.81. The van der Waals surface area contributed by atoms with Crippen LogP contribution in [-0.2, 0) is 0 Å². The molecule has 3 nitrogen and oxygen atoms in total. The van der Waals surface area contributed by atoms with Gasteiger partial charge in [0, 0.05) is 13.1 Å². The SMILES string of the molecule is Cc1c(N)cnc(N2CCC(C)(C)CC2)c1Br. The topological polar surface area (TPSA) is 42.1 Å². The number of hydrogen-bond donors (Lipinski definition) is 1. The van der Waals surface area contributed by atoms with E-state index in [9.17, 15) is 0 Å². The highest BCUT2D eigenvalue weighted by molar-refractivity contribution is 9.10. The second kappa shape index (κ2) is 4.48. The minimum atomic E-state index is 0.464. The molecule has 0 aromatic carbocycles. The molecule has 0 aliphatic carbocycles. The molecule has 2 N–H and O–H groups in total. The molecular formula is C13H20BrN3. The number of aromatic nitrogens is 1. The molecule has 1 saturated heterocycles. The minimum absolute atomic E-state index is 0.464. The van der Waals surface area contributed by atoms with Crippen LogP contribution in [0.1, 0.15) is 32.3 Å². The van der Waals surface area contributed by atoms with Crippen LogP contribution in [0.4, 0.5) is 11.5 Å². The predicted molar refractivity (Wildman–Crippen MR) is 76.3 cm³/mol. The van der Waals surface area contributed by atoms with Gasteiger partial charge in [-0.1, -0.05) is 13.8 Å². The first kappa shape index (κ1) is 12.7. The molecule has 0 amide bonds. The first-order chi connectivity index (χ1) is 7.91. The largest absolute Gasteiger partial charge is 0.397 e. The van der Waals surface area contributed by atoms with E-state index in [1.807, 2.05) is 6.92 Å². The van der Waals surface area contributed by atoms with Gasteiger partial charge in [0.05, 0.1) is 16.4 Å². The number of piperidine rings is 1. The molecule has 17 heavy (non-hydrogen) atoms. The van der Waals surface area contributed by atoms with Crippen molar-refractivity contribution in [2.75, 3.05) is 23.7 Å². The molecule has 1 fully saturated rings. The fourth-order valence-electron chi connectivity index (χ4n) is 2.12. The highest BCUT2D eigenvalue weighted by atomic mass is 79.9. The summed E-state index contributed by atoms with van der Waals surface area (Å²) in [7, 11) is 0. The Morgan fingerprint density at radius 1 is 1.35 bits per heavy atom. The number of pyridine rings is 1. The molecule has 1 aliphatic rings. The van der Waals surface area contributed by atoms with Gasteiger partial charge in [0.15, 0.2) is 0 Å². The Labute approximate surface area is 112 Å². The molecular weight excluding hydrogens is 278 g/mol. The molecule has 2 rings (SSSR count). The van der Waals surface area contributed by atoms with Gasteiger partial charge in [0.2, 0.25) is 0 Å². The van der Waals surface area contributed by atoms with Crippen molar-refractivity contribution < 1.29 is 0 Å². The average Bonchev–Trinajstić information content (AvgIpc) is 2.27. The smallest absolute Gasteiger partial charge is 0.143 e. The van der Waals surface area contributed by atoms with Crippen molar-refractivity contribution in [2.24, 2.45) is 5.41 Å². The molecule has 0 unspecified atom stereocenters. The lowest BCUT2D eigenvalue weighted by Gasteiger charge is -2.38. The van der Waals surface area contributed by atoms with E-state index in [0.29, 0.717) is 5.41 Å². The second-order valence-electron chi connectivity index (χ2n) is 5.63. The standard InChI is InChI=1S/C13H20BrN3/c1-9-10(15)8-16-12(11(9)14)17-6-4-13(2,3)5-7-17/h8H,4-7,15H2,1-3H3. The summed E-state index contributed by atoms with van der Waals surface area (Å²) in [6.45, 7) is 8.84. The van der Waals surface area contributed by atoms with E-state index in [0.717, 1.165) is 34.6 Å². The molecule has 2 heterocycles. The molecule has 0 radical (unpaired) electrons. The molecule has 0 atom stereocenters. The van der Waals surface area contributed by atoms with Gasteiger partial charge in [-0.05, 0) is 46.7 Å². The van der Waals surface area contributed by atoms with E-state index in [2.05, 4.69) is 39.7 Å². The Hall–Kier alpha value is -0.770. The fraction of sp³-hybridized carbons (Fsp3) is 0.615. The maximum Gasteiger partial charge on any atom is 0.143 e. The molecule has 1 aliphatic heterocycles. The molecule has 0 bridgehead atoms. The zero-order valence-corrected chi connectivity index (χ0v) is 12.3. The van der Waals surface area contributed by atoms with Crippen molar-refractivity contribution in [1.82, 2.24) is 4.98 Å². The minimum Gasteiger partial charge on any atom is -0.397 e. The Balaban J connectivity index is 2.22. The van der Waals surface area contributed by atoms with Crippen LogP contribution in [0.3, 0.4) is 0 Å². The van der Waals surface area contributed by atoms with Crippen molar-refractivity contribution in [1.29, 1.82) is 0 Å². The normalized spacial score (nSPS) is 19.4. The second-order valence-corrected chi connectivity index (χ2v) is 6.42. The monoisotopic (exact) mass is 297 g/mol. The summed E-state index contributed by atoms with van der Waals surface area (Å²) < 4.78 is 1.04. The van der Waals surface area contributed by atoms with Crippen LogP contribution in [0.5, 0.6) is 0 Å². The third kappa shape index (κ3) is 2.57. The molecule has 0 spiro atoms. The van der Waals surface area contributed by atoms with Crippen LogP contribution in [0.25, 0.3) is 0 Å². The maximum atomic E-state index is 5.85. The fourth-order valence-corrected chi connectivity index (χ4v) is 2.70. The summed E-state index contributed by atoms with van der Waals surface area (Å²) in [6, 6.07) is 0. The highest BCUT2D eigenvalue weighted by Gasteiger charge is 2.27. The molecule has 0 saturated carbocycles. The van der Waals surface area contributed by atoms with Crippen LogP contribution in [0.15, 0.2) is 10.7 Å². The Morgan fingerprint density at radius 2 is 1.94 bits per heavy atom. The Morgan fingerprint density at radius 3 is 2.53 bits per heavy atom. The quantitative estimate of drug-likeness (QED) is 0.864. The van der Waals surface area contributed by atoms with Crippen molar-refractivity contribution in [3.63, 3.8) is 0 Å². The van der Waals surface area contributed by atoms with E-state index in [-0.39, 0.29) is 0 Å². The van der Waals surface area contributed by atoms with Crippen molar-refractivity contribution in [3.8, 4) is 0 Å². The highest BCUT2D eigenvalue weighted by Crippen LogP contribution is 2.36. The predicted octanol–water partition coefficient (Wildman–Crippen LogP) is 3.36. The van der Waals surface area contributed by atoms with E-state index < -0.39 is 0 Å². The number of nitrogen functional groups attached to an aromatic ring is 1. The van der Waals surface area contributed by atoms with Crippen molar-refractivity contribution in [3.05, 3.63) is 16.2 Å². The zero-order chi connectivity index (χ0) is 12.6. The molecule has 1 aromatic heterocycles. The molecule has 1 aromatic rings. The lowest BCUT2D eigenvalue weighted by Crippen LogP contribution is -2.38. The molecule has 4 heteroatoms. The van der Waals surface area contributed by atoms with Gasteiger partial charge in [0.1, 0.15) is 5.82 Å². The number of nitrogens with zero attached hydrogens (tertiary/aromatic N) is 2. The molecule has 94 valence electrons. The number of hydrogen-bond acceptors (Lipinski definition) is 3. The van der Waals surface area contributed by atoms with E-state index in [1.165, 1.54) is 12.8 Å². The van der Waals surface area contributed by atoms with E-state index >= 15 is 0 Å². The van der Waals surface area contributed by atoms with Crippen LogP contribution in [0, 0.1) is 12.3 Å². The van der Waals surface area contributed by atoms with Crippen LogP contribution >= 0.6 is 15.9 Å². The average molecular weight is 298 g/mol. The van der Waals surface area contributed by atoms with Gasteiger partial charge in [-0.25, -0.2) is 4.98 Å². The first-order valence-corrected chi connectivity index (χ1v) is 6.85. The maximum absolute atomic E-state index is 5.85. The Kier molecular flexibility index (Phi) is 3.34. The van der Waals surface area contributed by atoms with Gasteiger partial charge < -0.3 is 10.6 Å². The summed E-state index contributed by atoms with van der Waals surface area (Å²) in [5.41, 5.74) is 8.15. The van der Waals surface area contributed by atoms with Crippen LogP contribution < -0.4 is 10.6 Å². The van der Waals surface area contributed by atoms with Crippen LogP contribution in [-0.4, -0.2) is 18.1 Å².